The van der Waals surface area contributed by atoms with Crippen LogP contribution in [0.15, 0.2) is 53.7 Å². The number of carbonyl (C=O) groups is 1. The fraction of sp³-hybridized carbons (Fsp3) is 0.227. The highest BCUT2D eigenvalue weighted by Crippen LogP contribution is 2.26. The second-order valence-corrected chi connectivity index (χ2v) is 10.4. The van der Waals surface area contributed by atoms with Crippen molar-refractivity contribution >= 4 is 49.8 Å². The van der Waals surface area contributed by atoms with E-state index in [1.54, 1.807) is 29.9 Å². The molecule has 0 aliphatic carbocycles. The van der Waals surface area contributed by atoms with Gasteiger partial charge in [-0.1, -0.05) is 11.6 Å². The molecule has 1 fully saturated rings. The van der Waals surface area contributed by atoms with Crippen molar-refractivity contribution < 1.29 is 17.6 Å². The zero-order chi connectivity index (χ0) is 24.7. The van der Waals surface area contributed by atoms with Gasteiger partial charge in [-0.25, -0.2) is 12.8 Å². The molecule has 182 valence electrons. The van der Waals surface area contributed by atoms with Crippen molar-refractivity contribution in [2.24, 2.45) is 13.0 Å². The third kappa shape index (κ3) is 4.72. The zero-order valence-corrected chi connectivity index (χ0v) is 20.1. The summed E-state index contributed by atoms with van der Waals surface area (Å²) in [5.41, 5.74) is 1.29. The summed E-state index contributed by atoms with van der Waals surface area (Å²) < 4.78 is 44.7. The second-order valence-electron chi connectivity index (χ2n) is 8.32. The molecule has 35 heavy (non-hydrogen) atoms. The molecule has 0 unspecified atom stereocenters. The number of aromatic nitrogens is 4. The van der Waals surface area contributed by atoms with Gasteiger partial charge in [0.1, 0.15) is 16.4 Å². The molecule has 2 aromatic heterocycles. The number of aryl methyl sites for hydroxylation is 1. The first kappa shape index (κ1) is 23.3. The summed E-state index contributed by atoms with van der Waals surface area (Å²) in [4.78, 5) is 12.9. The third-order valence-corrected chi connectivity index (χ3v) is 7.34. The molecule has 3 heterocycles. The van der Waals surface area contributed by atoms with Gasteiger partial charge in [-0.05, 0) is 36.4 Å². The highest BCUT2D eigenvalue weighted by atomic mass is 35.5. The molecule has 0 spiro atoms. The lowest BCUT2D eigenvalue weighted by Crippen LogP contribution is -2.44. The summed E-state index contributed by atoms with van der Waals surface area (Å²) in [5, 5.41) is 14.7. The van der Waals surface area contributed by atoms with Crippen molar-refractivity contribution in [1.29, 1.82) is 0 Å². The highest BCUT2D eigenvalue weighted by Gasteiger charge is 2.22. The SMILES string of the molecule is Cn1nc2cc(NS(=O)(=O)c3cnn(CC4CNC4)c3)ccc2c1C(=O)Nc1ccc(F)c(Cl)c1. The van der Waals surface area contributed by atoms with Crippen molar-refractivity contribution in [3.05, 3.63) is 65.3 Å². The Morgan fingerprint density at radius 2 is 2.00 bits per heavy atom. The van der Waals surface area contributed by atoms with Gasteiger partial charge in [0.2, 0.25) is 0 Å². The molecule has 3 N–H and O–H groups in total. The topological polar surface area (TPSA) is 123 Å². The largest absolute Gasteiger partial charge is 0.321 e. The van der Waals surface area contributed by atoms with Gasteiger partial charge < -0.3 is 10.6 Å². The maximum Gasteiger partial charge on any atom is 0.274 e. The number of rotatable bonds is 7. The van der Waals surface area contributed by atoms with Crippen molar-refractivity contribution in [2.75, 3.05) is 23.1 Å². The van der Waals surface area contributed by atoms with E-state index >= 15 is 0 Å². The summed E-state index contributed by atoms with van der Waals surface area (Å²) in [6.45, 7) is 2.43. The van der Waals surface area contributed by atoms with E-state index in [9.17, 15) is 17.6 Å². The van der Waals surface area contributed by atoms with E-state index in [0.29, 0.717) is 34.7 Å². The molecule has 2 aromatic carbocycles. The number of anilines is 2. The fourth-order valence-electron chi connectivity index (χ4n) is 3.84. The Labute approximate surface area is 205 Å². The Kier molecular flexibility index (Phi) is 5.95. The van der Waals surface area contributed by atoms with Gasteiger partial charge in [0.15, 0.2) is 0 Å². The lowest BCUT2D eigenvalue weighted by atomic mass is 10.0. The fourth-order valence-corrected chi connectivity index (χ4v) is 5.02. The Balaban J connectivity index is 1.35. The average Bonchev–Trinajstić information content (AvgIpc) is 3.37. The third-order valence-electron chi connectivity index (χ3n) is 5.71. The van der Waals surface area contributed by atoms with E-state index in [1.807, 2.05) is 0 Å². The molecule has 1 amide bonds. The van der Waals surface area contributed by atoms with Crippen LogP contribution in [-0.2, 0) is 23.6 Å². The standard InChI is InChI=1S/C22H21ClFN7O3S/c1-30-21(22(32)27-14-3-5-19(24)18(23)6-14)17-4-2-15(7-20(17)28-30)29-35(33,34)16-10-26-31(12-16)11-13-8-25-9-13/h2-7,10,12-13,25,29H,8-9,11H2,1H3,(H,27,32). The molecule has 0 saturated carbocycles. The maximum atomic E-state index is 13.4. The molecular weight excluding hydrogens is 497 g/mol. The molecule has 1 saturated heterocycles. The number of nitrogens with zero attached hydrogens (tertiary/aromatic N) is 4. The van der Waals surface area contributed by atoms with Gasteiger partial charge in [0.25, 0.3) is 15.9 Å². The molecule has 0 radical (unpaired) electrons. The van der Waals surface area contributed by atoms with Crippen LogP contribution in [0.1, 0.15) is 10.5 Å². The van der Waals surface area contributed by atoms with Crippen LogP contribution >= 0.6 is 11.6 Å². The number of halogens is 2. The lowest BCUT2D eigenvalue weighted by Gasteiger charge is -2.26. The number of benzene rings is 2. The van der Waals surface area contributed by atoms with Crippen molar-refractivity contribution in [3.63, 3.8) is 0 Å². The maximum absolute atomic E-state index is 13.4. The van der Waals surface area contributed by atoms with E-state index in [-0.39, 0.29) is 15.6 Å². The van der Waals surface area contributed by atoms with Crippen LogP contribution in [0.4, 0.5) is 15.8 Å². The monoisotopic (exact) mass is 517 g/mol. The number of sulfonamides is 1. The van der Waals surface area contributed by atoms with Crippen LogP contribution < -0.4 is 15.4 Å². The Morgan fingerprint density at radius 3 is 2.71 bits per heavy atom. The summed E-state index contributed by atoms with van der Waals surface area (Å²) in [6, 6.07) is 8.58. The number of carbonyl (C=O) groups excluding carboxylic acids is 1. The van der Waals surface area contributed by atoms with Gasteiger partial charge in [-0.2, -0.15) is 10.2 Å². The summed E-state index contributed by atoms with van der Waals surface area (Å²) in [5.74, 6) is -0.620. The number of amides is 1. The van der Waals surface area contributed by atoms with Crippen molar-refractivity contribution in [3.8, 4) is 0 Å². The van der Waals surface area contributed by atoms with E-state index in [1.165, 1.54) is 29.2 Å². The first-order chi connectivity index (χ1) is 16.7. The minimum Gasteiger partial charge on any atom is -0.321 e. The highest BCUT2D eigenvalue weighted by molar-refractivity contribution is 7.92. The molecule has 10 nitrogen and oxygen atoms in total. The summed E-state index contributed by atoms with van der Waals surface area (Å²) in [7, 11) is -2.26. The Bertz CT molecular complexity index is 1550. The van der Waals surface area contributed by atoms with Gasteiger partial charge in [-0.15, -0.1) is 0 Å². The molecular formula is C22H21ClFN7O3S. The number of fused-ring (bicyclic) bond motifs is 1. The van der Waals surface area contributed by atoms with Gasteiger partial charge in [0, 0.05) is 49.9 Å². The minimum absolute atomic E-state index is 0.0592. The lowest BCUT2D eigenvalue weighted by molar-refractivity contribution is 0.101. The molecule has 1 aliphatic rings. The predicted molar refractivity (Wildman–Crippen MR) is 129 cm³/mol. The molecule has 0 bridgehead atoms. The van der Waals surface area contributed by atoms with Crippen LogP contribution in [0.5, 0.6) is 0 Å². The average molecular weight is 518 g/mol. The Morgan fingerprint density at radius 1 is 1.23 bits per heavy atom. The quantitative estimate of drug-likeness (QED) is 0.346. The van der Waals surface area contributed by atoms with Gasteiger partial charge in [-0.3, -0.25) is 18.9 Å². The number of hydrogen-bond donors (Lipinski definition) is 3. The first-order valence-electron chi connectivity index (χ1n) is 10.7. The van der Waals surface area contributed by atoms with Gasteiger partial charge in [0.05, 0.1) is 22.4 Å². The minimum atomic E-state index is -3.86. The van der Waals surface area contributed by atoms with Gasteiger partial charge >= 0.3 is 0 Å². The van der Waals surface area contributed by atoms with Crippen LogP contribution in [-0.4, -0.2) is 47.0 Å². The molecule has 0 atom stereocenters. The van der Waals surface area contributed by atoms with E-state index in [0.717, 1.165) is 19.2 Å². The molecule has 1 aliphatic heterocycles. The van der Waals surface area contributed by atoms with Crippen LogP contribution in [0.2, 0.25) is 5.02 Å². The zero-order valence-electron chi connectivity index (χ0n) is 18.5. The van der Waals surface area contributed by atoms with E-state index in [4.69, 9.17) is 11.6 Å². The van der Waals surface area contributed by atoms with Crippen LogP contribution in [0.25, 0.3) is 10.9 Å². The van der Waals surface area contributed by atoms with E-state index in [2.05, 4.69) is 25.6 Å². The van der Waals surface area contributed by atoms with Crippen molar-refractivity contribution in [2.45, 2.75) is 11.4 Å². The Hall–Kier alpha value is -3.48. The van der Waals surface area contributed by atoms with Crippen molar-refractivity contribution in [1.82, 2.24) is 24.9 Å². The molecule has 5 rings (SSSR count). The van der Waals surface area contributed by atoms with E-state index < -0.39 is 21.7 Å². The summed E-state index contributed by atoms with van der Waals surface area (Å²) >= 11 is 5.79. The summed E-state index contributed by atoms with van der Waals surface area (Å²) in [6.07, 6.45) is 2.82. The smallest absolute Gasteiger partial charge is 0.274 e. The number of hydrogen-bond acceptors (Lipinski definition) is 6. The number of nitrogens with one attached hydrogen (secondary N) is 3. The first-order valence-corrected chi connectivity index (χ1v) is 12.5. The molecule has 4 aromatic rings. The predicted octanol–water partition coefficient (Wildman–Crippen LogP) is 2.83. The van der Waals surface area contributed by atoms with Crippen LogP contribution in [0, 0.1) is 11.7 Å². The van der Waals surface area contributed by atoms with Crippen LogP contribution in [0.3, 0.4) is 0 Å². The molecule has 13 heteroatoms. The second kappa shape index (κ2) is 8.95. The normalized spacial score (nSPS) is 14.1.